The number of nitrogens with one attached hydrogen (secondary N) is 2. The van der Waals surface area contributed by atoms with Gasteiger partial charge in [-0.2, -0.15) is 0 Å². The molecule has 0 saturated heterocycles. The first-order chi connectivity index (χ1) is 9.00. The van der Waals surface area contributed by atoms with Crippen LogP contribution in [0.2, 0.25) is 0 Å². The minimum Gasteiger partial charge on any atom is -0.480 e. The lowest BCUT2D eigenvalue weighted by Crippen LogP contribution is -2.42. The summed E-state index contributed by atoms with van der Waals surface area (Å²) in [6, 6.07) is 2.36. The number of carbonyl (C=O) groups excluding carboxylic acids is 2. The van der Waals surface area contributed by atoms with Gasteiger partial charge in [0.1, 0.15) is 6.04 Å². The molecule has 1 atom stereocenters. The van der Waals surface area contributed by atoms with Gasteiger partial charge in [0.2, 0.25) is 5.91 Å². The average molecular weight is 303 g/mol. The average Bonchev–Trinajstić information content (AvgIpc) is 2.89. The molecule has 9 heteroatoms. The molecular weight excluding hydrogens is 290 g/mol. The minimum atomic E-state index is -1.11. The zero-order chi connectivity index (χ0) is 14.3. The van der Waals surface area contributed by atoms with Gasteiger partial charge in [0.25, 0.3) is 5.91 Å². The number of nitrogens with two attached hydrogens (primary N) is 1. The van der Waals surface area contributed by atoms with Gasteiger partial charge < -0.3 is 10.8 Å². The molecule has 0 unspecified atom stereocenters. The van der Waals surface area contributed by atoms with Crippen LogP contribution in [0.4, 0.5) is 0 Å². The Hall–Kier alpha value is -1.58. The molecule has 0 fully saturated rings. The molecule has 0 aromatic carbocycles. The lowest BCUT2D eigenvalue weighted by atomic mass is 10.4. The van der Waals surface area contributed by atoms with E-state index in [0.29, 0.717) is 4.88 Å². The monoisotopic (exact) mass is 303 g/mol. The minimum absolute atomic E-state index is 0.0195. The van der Waals surface area contributed by atoms with Gasteiger partial charge in [0.05, 0.1) is 10.6 Å². The van der Waals surface area contributed by atoms with Crippen LogP contribution in [0.3, 0.4) is 0 Å². The van der Waals surface area contributed by atoms with E-state index < -0.39 is 23.8 Å². The van der Waals surface area contributed by atoms with Crippen molar-refractivity contribution in [2.45, 2.75) is 6.04 Å². The predicted octanol–water partition coefficient (Wildman–Crippen LogP) is -0.346. The Balaban J connectivity index is 2.18. The number of thioether (sulfide) groups is 1. The summed E-state index contributed by atoms with van der Waals surface area (Å²) in [7, 11) is 0. The van der Waals surface area contributed by atoms with Crippen molar-refractivity contribution < 1.29 is 19.5 Å². The quantitative estimate of drug-likeness (QED) is 0.533. The first-order valence-electron chi connectivity index (χ1n) is 5.19. The molecule has 1 rings (SSSR count). The standard InChI is InChI=1S/C10H13N3O4S2/c11-6(10(16)17)4-18-5-8(14)12-13-9(15)7-2-1-3-19-7/h1-3,6H,4-5,11H2,(H,12,14)(H,13,15)(H,16,17)/t6-/m1/s1. The van der Waals surface area contributed by atoms with Crippen molar-refractivity contribution in [2.75, 3.05) is 11.5 Å². The fraction of sp³-hybridized carbons (Fsp3) is 0.300. The Kier molecular flexibility index (Phi) is 6.33. The topological polar surface area (TPSA) is 122 Å². The van der Waals surface area contributed by atoms with Crippen molar-refractivity contribution in [2.24, 2.45) is 5.73 Å². The molecule has 0 bridgehead atoms. The predicted molar refractivity (Wildman–Crippen MR) is 72.9 cm³/mol. The zero-order valence-corrected chi connectivity index (χ0v) is 11.4. The third-order valence-corrected chi connectivity index (χ3v) is 3.84. The maximum atomic E-state index is 11.5. The van der Waals surface area contributed by atoms with E-state index >= 15 is 0 Å². The summed E-state index contributed by atoms with van der Waals surface area (Å²) in [5.74, 6) is -1.78. The van der Waals surface area contributed by atoms with Crippen LogP contribution in [0.25, 0.3) is 0 Å². The van der Waals surface area contributed by atoms with E-state index in [1.54, 1.807) is 17.5 Å². The number of carbonyl (C=O) groups is 3. The van der Waals surface area contributed by atoms with Crippen LogP contribution in [-0.4, -0.2) is 40.4 Å². The Morgan fingerprint density at radius 1 is 1.42 bits per heavy atom. The highest BCUT2D eigenvalue weighted by Crippen LogP contribution is 2.07. The van der Waals surface area contributed by atoms with Crippen LogP contribution in [0.5, 0.6) is 0 Å². The Morgan fingerprint density at radius 2 is 2.16 bits per heavy atom. The number of hydrogen-bond donors (Lipinski definition) is 4. The van der Waals surface area contributed by atoms with E-state index in [-0.39, 0.29) is 11.5 Å². The third-order valence-electron chi connectivity index (χ3n) is 1.91. The van der Waals surface area contributed by atoms with Crippen molar-refractivity contribution >= 4 is 40.9 Å². The summed E-state index contributed by atoms with van der Waals surface area (Å²) >= 11 is 2.34. The maximum absolute atomic E-state index is 11.5. The lowest BCUT2D eigenvalue weighted by molar-refractivity contribution is -0.138. The second-order valence-corrected chi connectivity index (χ2v) is 5.42. The number of rotatable bonds is 6. The summed E-state index contributed by atoms with van der Waals surface area (Å²) in [6.45, 7) is 0. The summed E-state index contributed by atoms with van der Waals surface area (Å²) in [5, 5.41) is 10.3. The zero-order valence-electron chi connectivity index (χ0n) is 9.79. The van der Waals surface area contributed by atoms with Gasteiger partial charge in [-0.1, -0.05) is 6.07 Å². The molecule has 0 aliphatic heterocycles. The van der Waals surface area contributed by atoms with Crippen LogP contribution in [0.15, 0.2) is 17.5 Å². The molecule has 0 radical (unpaired) electrons. The maximum Gasteiger partial charge on any atom is 0.321 e. The summed E-state index contributed by atoms with van der Waals surface area (Å²) in [6.07, 6.45) is 0. The molecule has 1 heterocycles. The second kappa shape index (κ2) is 7.77. The van der Waals surface area contributed by atoms with Crippen molar-refractivity contribution in [3.05, 3.63) is 22.4 Å². The van der Waals surface area contributed by atoms with Gasteiger partial charge in [-0.05, 0) is 11.4 Å². The molecule has 1 aromatic heterocycles. The number of hydrazine groups is 1. The molecule has 0 aliphatic rings. The summed E-state index contributed by atoms with van der Waals surface area (Å²) in [5.41, 5.74) is 9.76. The van der Waals surface area contributed by atoms with Crippen molar-refractivity contribution in [3.8, 4) is 0 Å². The number of carboxylic acid groups (broad SMARTS) is 1. The van der Waals surface area contributed by atoms with Crippen molar-refractivity contribution in [1.82, 2.24) is 10.9 Å². The van der Waals surface area contributed by atoms with E-state index in [1.165, 1.54) is 11.3 Å². The number of amides is 2. The molecule has 19 heavy (non-hydrogen) atoms. The largest absolute Gasteiger partial charge is 0.480 e. The molecule has 1 aromatic rings. The fourth-order valence-electron chi connectivity index (χ4n) is 0.982. The summed E-state index contributed by atoms with van der Waals surface area (Å²) in [4.78, 5) is 33.7. The van der Waals surface area contributed by atoms with E-state index in [0.717, 1.165) is 11.8 Å². The van der Waals surface area contributed by atoms with Gasteiger partial charge >= 0.3 is 5.97 Å². The highest BCUT2D eigenvalue weighted by Gasteiger charge is 2.12. The van der Waals surface area contributed by atoms with Gasteiger partial charge in [-0.3, -0.25) is 25.2 Å². The highest BCUT2D eigenvalue weighted by atomic mass is 32.2. The van der Waals surface area contributed by atoms with Gasteiger partial charge in [-0.25, -0.2) is 0 Å². The normalized spacial score (nSPS) is 11.6. The van der Waals surface area contributed by atoms with E-state index in [2.05, 4.69) is 10.9 Å². The van der Waals surface area contributed by atoms with Crippen LogP contribution in [-0.2, 0) is 9.59 Å². The molecule has 2 amide bonds. The van der Waals surface area contributed by atoms with E-state index in [4.69, 9.17) is 10.8 Å². The SMILES string of the molecule is N[C@H](CSCC(=O)NNC(=O)c1cccs1)C(=O)O. The summed E-state index contributed by atoms with van der Waals surface area (Å²) < 4.78 is 0. The first kappa shape index (κ1) is 15.5. The first-order valence-corrected chi connectivity index (χ1v) is 7.23. The molecule has 7 nitrogen and oxygen atoms in total. The van der Waals surface area contributed by atoms with E-state index in [9.17, 15) is 14.4 Å². The van der Waals surface area contributed by atoms with Crippen molar-refractivity contribution in [1.29, 1.82) is 0 Å². The highest BCUT2D eigenvalue weighted by molar-refractivity contribution is 8.00. The number of thiophene rings is 1. The Bertz CT molecular complexity index is 450. The molecule has 104 valence electrons. The molecule has 0 spiro atoms. The molecular formula is C10H13N3O4S2. The number of hydrogen-bond acceptors (Lipinski definition) is 6. The lowest BCUT2D eigenvalue weighted by Gasteiger charge is -2.07. The van der Waals surface area contributed by atoms with Crippen molar-refractivity contribution in [3.63, 3.8) is 0 Å². The van der Waals surface area contributed by atoms with E-state index in [1.807, 2.05) is 0 Å². The van der Waals surface area contributed by atoms with Crippen LogP contribution in [0, 0.1) is 0 Å². The third kappa shape index (κ3) is 5.73. The van der Waals surface area contributed by atoms with Gasteiger partial charge in [0, 0.05) is 5.75 Å². The molecule has 5 N–H and O–H groups in total. The van der Waals surface area contributed by atoms with Gasteiger partial charge in [0.15, 0.2) is 0 Å². The smallest absolute Gasteiger partial charge is 0.321 e. The number of carboxylic acids is 1. The number of aliphatic carboxylic acids is 1. The Morgan fingerprint density at radius 3 is 2.74 bits per heavy atom. The Labute approximate surface area is 117 Å². The molecule has 0 saturated carbocycles. The fourth-order valence-corrected chi connectivity index (χ4v) is 2.37. The van der Waals surface area contributed by atoms with Crippen LogP contribution in [0.1, 0.15) is 9.67 Å². The second-order valence-electron chi connectivity index (χ2n) is 3.44. The van der Waals surface area contributed by atoms with Crippen LogP contribution < -0.4 is 16.6 Å². The van der Waals surface area contributed by atoms with Crippen LogP contribution >= 0.6 is 23.1 Å². The van der Waals surface area contributed by atoms with Gasteiger partial charge in [-0.15, -0.1) is 23.1 Å². The molecule has 0 aliphatic carbocycles.